The van der Waals surface area contributed by atoms with Gasteiger partial charge in [0.15, 0.2) is 11.5 Å². The first-order valence-corrected chi connectivity index (χ1v) is 11.1. The average Bonchev–Trinajstić information content (AvgIpc) is 3.23. The molecule has 0 fully saturated rings. The number of carbonyl (C=O) groups is 2. The van der Waals surface area contributed by atoms with Crippen LogP contribution in [0.2, 0.25) is 0 Å². The van der Waals surface area contributed by atoms with E-state index in [9.17, 15) is 14.7 Å². The highest BCUT2D eigenvalue weighted by molar-refractivity contribution is 6.11. The molecule has 7 nitrogen and oxygen atoms in total. The van der Waals surface area contributed by atoms with E-state index in [1.807, 2.05) is 18.2 Å². The van der Waals surface area contributed by atoms with Gasteiger partial charge >= 0.3 is 0 Å². The second-order valence-electron chi connectivity index (χ2n) is 9.12. The number of benzene rings is 2. The minimum Gasteiger partial charge on any atom is -0.504 e. The Hall–Kier alpha value is -3.74. The molecule has 5 rings (SSSR count). The number of hydrogen-bond donors (Lipinski definition) is 2. The molecule has 2 amide bonds. The summed E-state index contributed by atoms with van der Waals surface area (Å²) in [4.78, 5) is 27.0. The molecule has 0 bridgehead atoms. The predicted octanol–water partition coefficient (Wildman–Crippen LogP) is 4.21. The highest BCUT2D eigenvalue weighted by Crippen LogP contribution is 2.47. The van der Waals surface area contributed by atoms with Crippen molar-refractivity contribution in [3.63, 3.8) is 0 Å². The van der Waals surface area contributed by atoms with Crippen LogP contribution in [0.5, 0.6) is 11.5 Å². The fourth-order valence-electron chi connectivity index (χ4n) is 5.05. The second-order valence-corrected chi connectivity index (χ2v) is 9.12. The summed E-state index contributed by atoms with van der Waals surface area (Å²) in [6.07, 6.45) is 2.11. The molecule has 0 unspecified atom stereocenters. The highest BCUT2D eigenvalue weighted by atomic mass is 16.5. The minimum atomic E-state index is -0.444. The van der Waals surface area contributed by atoms with Gasteiger partial charge in [-0.1, -0.05) is 26.0 Å². The first kappa shape index (κ1) is 21.1. The van der Waals surface area contributed by atoms with Crippen LogP contribution in [0.15, 0.2) is 53.9 Å². The number of imide groups is 1. The van der Waals surface area contributed by atoms with Crippen LogP contribution < -0.4 is 10.1 Å². The summed E-state index contributed by atoms with van der Waals surface area (Å²) >= 11 is 0. The molecule has 0 aliphatic carbocycles. The lowest BCUT2D eigenvalue weighted by Crippen LogP contribution is -2.33. The number of phenolic OH excluding ortho intramolecular Hbond substituents is 1. The second kappa shape index (κ2) is 7.69. The van der Waals surface area contributed by atoms with Crippen molar-refractivity contribution in [2.24, 2.45) is 5.92 Å². The van der Waals surface area contributed by atoms with Crippen molar-refractivity contribution >= 4 is 28.4 Å². The summed E-state index contributed by atoms with van der Waals surface area (Å²) in [6, 6.07) is 11.3. The number of ether oxygens (including phenoxy) is 1. The van der Waals surface area contributed by atoms with Gasteiger partial charge in [-0.05, 0) is 41.3 Å². The van der Waals surface area contributed by atoms with Crippen molar-refractivity contribution in [1.82, 2.24) is 9.47 Å². The zero-order valence-electron chi connectivity index (χ0n) is 19.2. The molecule has 170 valence electrons. The molecule has 3 heterocycles. The van der Waals surface area contributed by atoms with Gasteiger partial charge in [0.25, 0.3) is 5.91 Å². The monoisotopic (exact) mass is 445 g/mol. The zero-order valence-corrected chi connectivity index (χ0v) is 19.2. The fraction of sp³-hybridized carbons (Fsp3) is 0.308. The van der Waals surface area contributed by atoms with Gasteiger partial charge in [-0.3, -0.25) is 14.5 Å². The van der Waals surface area contributed by atoms with Crippen LogP contribution in [0.4, 0.5) is 5.69 Å². The molecule has 2 N–H and O–H groups in total. The fourth-order valence-corrected chi connectivity index (χ4v) is 5.05. The molecule has 7 heteroatoms. The van der Waals surface area contributed by atoms with Gasteiger partial charge in [-0.2, -0.15) is 0 Å². The van der Waals surface area contributed by atoms with Gasteiger partial charge in [0.2, 0.25) is 5.91 Å². The van der Waals surface area contributed by atoms with E-state index in [1.54, 1.807) is 12.1 Å². The quantitative estimate of drug-likeness (QED) is 0.629. The average molecular weight is 446 g/mol. The van der Waals surface area contributed by atoms with E-state index in [0.29, 0.717) is 17.2 Å². The number of phenols is 1. The molecule has 2 aliphatic heterocycles. The maximum atomic E-state index is 13.5. The van der Waals surface area contributed by atoms with Crippen molar-refractivity contribution < 1.29 is 19.4 Å². The van der Waals surface area contributed by atoms with Crippen molar-refractivity contribution in [3.05, 3.63) is 65.0 Å². The minimum absolute atomic E-state index is 0.00867. The third-order valence-corrected chi connectivity index (χ3v) is 6.42. The summed E-state index contributed by atoms with van der Waals surface area (Å²) in [5.74, 6) is -0.224. The van der Waals surface area contributed by atoms with Crippen LogP contribution in [0.25, 0.3) is 10.9 Å². The van der Waals surface area contributed by atoms with E-state index in [0.717, 1.165) is 40.0 Å². The molecule has 0 radical (unpaired) electrons. The third-order valence-electron chi connectivity index (χ3n) is 6.42. The van der Waals surface area contributed by atoms with Crippen LogP contribution in [0.1, 0.15) is 37.8 Å². The molecule has 33 heavy (non-hydrogen) atoms. The summed E-state index contributed by atoms with van der Waals surface area (Å²) in [5, 5.41) is 15.1. The summed E-state index contributed by atoms with van der Waals surface area (Å²) in [6.45, 7) is 6.78. The van der Waals surface area contributed by atoms with Crippen molar-refractivity contribution in [1.29, 1.82) is 0 Å². The Kier molecular flexibility index (Phi) is 4.92. The topological polar surface area (TPSA) is 83.8 Å². The zero-order chi connectivity index (χ0) is 23.4. The number of amides is 2. The van der Waals surface area contributed by atoms with Gasteiger partial charge in [0.1, 0.15) is 0 Å². The Labute approximate surface area is 192 Å². The van der Waals surface area contributed by atoms with Gasteiger partial charge in [-0.15, -0.1) is 0 Å². The van der Waals surface area contributed by atoms with Crippen LogP contribution in [-0.4, -0.2) is 40.0 Å². The molecule has 2 aliphatic rings. The van der Waals surface area contributed by atoms with Crippen LogP contribution in [0.3, 0.4) is 0 Å². The Balaban J connectivity index is 1.79. The lowest BCUT2D eigenvalue weighted by Gasteiger charge is -2.20. The molecular formula is C26H27N3O4. The number of carbonyl (C=O) groups excluding carboxylic acids is 2. The Morgan fingerprint density at radius 1 is 1.27 bits per heavy atom. The number of aromatic nitrogens is 1. The summed E-state index contributed by atoms with van der Waals surface area (Å²) in [7, 11) is 1.50. The molecule has 1 atom stereocenters. The molecule has 0 saturated heterocycles. The Bertz CT molecular complexity index is 1330. The standard InChI is InChI=1S/C26H27N3O4/c1-14(2)11-28-12-17-23(16-8-9-22(33-4)21(31)10-16)25-19(13-29(15(3)30)26(25)32)27-18-6-5-7-20(28)24(17)18/h5-10,12,14,23,27,31H,11,13H2,1-4H3/t23-/m0/s1. The number of aromatic hydroxyl groups is 1. The number of rotatable bonds is 4. The molecule has 0 spiro atoms. The number of nitrogens with zero attached hydrogens (tertiary/aromatic N) is 2. The Morgan fingerprint density at radius 2 is 2.06 bits per heavy atom. The molecule has 3 aromatic rings. The van der Waals surface area contributed by atoms with Crippen molar-refractivity contribution in [2.75, 3.05) is 19.0 Å². The van der Waals surface area contributed by atoms with E-state index in [4.69, 9.17) is 4.74 Å². The molecule has 0 saturated carbocycles. The van der Waals surface area contributed by atoms with Crippen molar-refractivity contribution in [2.45, 2.75) is 33.2 Å². The van der Waals surface area contributed by atoms with E-state index < -0.39 is 5.92 Å². The molecule has 2 aromatic carbocycles. The largest absolute Gasteiger partial charge is 0.504 e. The van der Waals surface area contributed by atoms with Gasteiger partial charge in [0.05, 0.1) is 24.7 Å². The van der Waals surface area contributed by atoms with Crippen molar-refractivity contribution in [3.8, 4) is 11.5 Å². The molecule has 1 aromatic heterocycles. The van der Waals surface area contributed by atoms with E-state index in [-0.39, 0.29) is 24.1 Å². The van der Waals surface area contributed by atoms with E-state index >= 15 is 0 Å². The van der Waals surface area contributed by atoms with E-state index in [2.05, 4.69) is 36.0 Å². The maximum Gasteiger partial charge on any atom is 0.259 e. The van der Waals surface area contributed by atoms with Gasteiger partial charge in [-0.25, -0.2) is 0 Å². The first-order valence-electron chi connectivity index (χ1n) is 11.1. The lowest BCUT2D eigenvalue weighted by atomic mass is 9.84. The maximum absolute atomic E-state index is 13.5. The van der Waals surface area contributed by atoms with Crippen LogP contribution in [0, 0.1) is 5.92 Å². The first-order chi connectivity index (χ1) is 15.8. The summed E-state index contributed by atoms with van der Waals surface area (Å²) in [5.41, 5.74) is 4.99. The van der Waals surface area contributed by atoms with Gasteiger partial charge < -0.3 is 19.7 Å². The third kappa shape index (κ3) is 3.26. The SMILES string of the molecule is COc1ccc([C@@H]2C3=C(CN(C(C)=O)C3=O)Nc3cccc4c3c2cn4CC(C)C)cc1O. The lowest BCUT2D eigenvalue weighted by molar-refractivity contribution is -0.139. The number of nitrogens with one attached hydrogen (secondary N) is 1. The smallest absolute Gasteiger partial charge is 0.259 e. The normalized spacial score (nSPS) is 17.4. The molecular weight excluding hydrogens is 418 g/mol. The van der Waals surface area contributed by atoms with Crippen LogP contribution in [-0.2, 0) is 16.1 Å². The van der Waals surface area contributed by atoms with Crippen LogP contribution >= 0.6 is 0 Å². The number of anilines is 1. The predicted molar refractivity (Wildman–Crippen MR) is 126 cm³/mol. The van der Waals surface area contributed by atoms with E-state index in [1.165, 1.54) is 18.9 Å². The highest BCUT2D eigenvalue weighted by Gasteiger charge is 2.41. The summed E-state index contributed by atoms with van der Waals surface area (Å²) < 4.78 is 7.46. The number of hydrogen-bond acceptors (Lipinski definition) is 5. The Morgan fingerprint density at radius 3 is 2.73 bits per heavy atom. The number of methoxy groups -OCH3 is 1. The van der Waals surface area contributed by atoms with Gasteiger partial charge in [0, 0.05) is 42.4 Å².